The molecule has 0 amide bonds. The van der Waals surface area contributed by atoms with Gasteiger partial charge in [-0.2, -0.15) is 0 Å². The fourth-order valence-corrected chi connectivity index (χ4v) is 3.62. The normalized spacial score (nSPS) is 16.8. The number of rotatable bonds is 4. The zero-order valence-electron chi connectivity index (χ0n) is 13.4. The summed E-state index contributed by atoms with van der Waals surface area (Å²) in [5.74, 6) is -0.139. The summed E-state index contributed by atoms with van der Waals surface area (Å²) in [5.41, 5.74) is 1.77. The van der Waals surface area contributed by atoms with Crippen molar-refractivity contribution in [3.05, 3.63) is 63.4 Å². The molecule has 0 saturated carbocycles. The van der Waals surface area contributed by atoms with Gasteiger partial charge in [0.2, 0.25) is 0 Å². The molecule has 1 aliphatic heterocycles. The first kappa shape index (κ1) is 17.5. The number of nitrogens with zero attached hydrogens (tertiary/aromatic N) is 1. The van der Waals surface area contributed by atoms with E-state index in [0.29, 0.717) is 10.0 Å². The Balaban J connectivity index is 2.06. The van der Waals surface area contributed by atoms with Crippen molar-refractivity contribution < 1.29 is 9.13 Å². The van der Waals surface area contributed by atoms with Crippen molar-refractivity contribution >= 4 is 23.2 Å². The summed E-state index contributed by atoms with van der Waals surface area (Å²) in [7, 11) is 1.46. The first-order valence-corrected chi connectivity index (χ1v) is 8.59. The number of ether oxygens (including phenoxy) is 1. The van der Waals surface area contributed by atoms with Crippen molar-refractivity contribution in [3.63, 3.8) is 0 Å². The van der Waals surface area contributed by atoms with Gasteiger partial charge in [0.25, 0.3) is 0 Å². The van der Waals surface area contributed by atoms with E-state index in [1.54, 1.807) is 12.1 Å². The fourth-order valence-electron chi connectivity index (χ4n) is 3.10. The Labute approximate surface area is 151 Å². The second-order valence-electron chi connectivity index (χ2n) is 5.75. The minimum atomic E-state index is -0.375. The lowest BCUT2D eigenvalue weighted by molar-refractivity contribution is 0.198. The molecule has 1 saturated heterocycles. The van der Waals surface area contributed by atoms with Crippen molar-refractivity contribution in [2.75, 3.05) is 33.3 Å². The molecule has 128 valence electrons. The van der Waals surface area contributed by atoms with Crippen molar-refractivity contribution in [2.45, 2.75) is 6.04 Å². The van der Waals surface area contributed by atoms with Crippen LogP contribution in [0.5, 0.6) is 5.75 Å². The molecule has 0 aromatic heterocycles. The van der Waals surface area contributed by atoms with Crippen LogP contribution in [-0.4, -0.2) is 38.2 Å². The molecule has 24 heavy (non-hydrogen) atoms. The van der Waals surface area contributed by atoms with E-state index in [2.05, 4.69) is 10.2 Å². The van der Waals surface area contributed by atoms with E-state index in [1.807, 2.05) is 18.2 Å². The van der Waals surface area contributed by atoms with Gasteiger partial charge < -0.3 is 10.1 Å². The van der Waals surface area contributed by atoms with Crippen molar-refractivity contribution in [2.24, 2.45) is 0 Å². The molecule has 1 unspecified atom stereocenters. The Morgan fingerprint density at radius 1 is 1.12 bits per heavy atom. The zero-order chi connectivity index (χ0) is 17.1. The SMILES string of the molecule is COc1ccc(C(c2ccc(Cl)cc2Cl)N2CCNCC2)cc1F. The quantitative estimate of drug-likeness (QED) is 0.877. The topological polar surface area (TPSA) is 24.5 Å². The zero-order valence-corrected chi connectivity index (χ0v) is 14.9. The first-order chi connectivity index (χ1) is 11.6. The summed E-state index contributed by atoms with van der Waals surface area (Å²) in [4.78, 5) is 2.30. The number of hydrogen-bond donors (Lipinski definition) is 1. The average molecular weight is 369 g/mol. The van der Waals surface area contributed by atoms with Gasteiger partial charge in [-0.3, -0.25) is 4.90 Å². The van der Waals surface area contributed by atoms with Gasteiger partial charge in [0.15, 0.2) is 11.6 Å². The molecule has 0 aliphatic carbocycles. The Morgan fingerprint density at radius 2 is 1.88 bits per heavy atom. The van der Waals surface area contributed by atoms with Crippen LogP contribution in [0.15, 0.2) is 36.4 Å². The Morgan fingerprint density at radius 3 is 2.50 bits per heavy atom. The van der Waals surface area contributed by atoms with Crippen LogP contribution in [0.3, 0.4) is 0 Å². The number of nitrogens with one attached hydrogen (secondary N) is 1. The lowest BCUT2D eigenvalue weighted by Crippen LogP contribution is -2.45. The summed E-state index contributed by atoms with van der Waals surface area (Å²) in [6.07, 6.45) is 0. The summed E-state index contributed by atoms with van der Waals surface area (Å²) >= 11 is 12.5. The minimum absolute atomic E-state index is 0.128. The predicted molar refractivity (Wildman–Crippen MR) is 95.7 cm³/mol. The fraction of sp³-hybridized carbons (Fsp3) is 0.333. The third-order valence-corrected chi connectivity index (χ3v) is 4.83. The molecule has 1 heterocycles. The Hall–Kier alpha value is -1.33. The van der Waals surface area contributed by atoms with Gasteiger partial charge in [-0.05, 0) is 35.4 Å². The molecule has 0 spiro atoms. The highest BCUT2D eigenvalue weighted by atomic mass is 35.5. The lowest BCUT2D eigenvalue weighted by atomic mass is 9.96. The van der Waals surface area contributed by atoms with Crippen LogP contribution in [0.4, 0.5) is 4.39 Å². The van der Waals surface area contributed by atoms with Crippen LogP contribution in [0.2, 0.25) is 10.0 Å². The number of benzene rings is 2. The van der Waals surface area contributed by atoms with Gasteiger partial charge in [-0.1, -0.05) is 35.3 Å². The van der Waals surface area contributed by atoms with Gasteiger partial charge >= 0.3 is 0 Å². The molecule has 1 aliphatic rings. The van der Waals surface area contributed by atoms with E-state index in [-0.39, 0.29) is 17.6 Å². The molecule has 1 N–H and O–H groups in total. The number of methoxy groups -OCH3 is 1. The average Bonchev–Trinajstić information content (AvgIpc) is 2.58. The smallest absolute Gasteiger partial charge is 0.165 e. The molecular weight excluding hydrogens is 350 g/mol. The Bertz CT molecular complexity index is 720. The first-order valence-electron chi connectivity index (χ1n) is 7.83. The van der Waals surface area contributed by atoms with E-state index in [0.717, 1.165) is 37.3 Å². The van der Waals surface area contributed by atoms with Crippen LogP contribution in [0, 0.1) is 5.82 Å². The molecule has 2 aromatic carbocycles. The van der Waals surface area contributed by atoms with E-state index in [4.69, 9.17) is 27.9 Å². The van der Waals surface area contributed by atoms with Crippen LogP contribution in [-0.2, 0) is 0 Å². The van der Waals surface area contributed by atoms with E-state index >= 15 is 0 Å². The highest BCUT2D eigenvalue weighted by molar-refractivity contribution is 6.35. The maximum absolute atomic E-state index is 14.2. The molecular formula is C18H19Cl2FN2O. The highest BCUT2D eigenvalue weighted by Gasteiger charge is 2.26. The number of halogens is 3. The van der Waals surface area contributed by atoms with Gasteiger partial charge in [-0.15, -0.1) is 0 Å². The number of piperazine rings is 1. The van der Waals surface area contributed by atoms with Gasteiger partial charge in [0, 0.05) is 36.2 Å². The molecule has 1 fully saturated rings. The van der Waals surface area contributed by atoms with Gasteiger partial charge in [0.05, 0.1) is 13.2 Å². The monoisotopic (exact) mass is 368 g/mol. The standard InChI is InChI=1S/C18H19Cl2FN2O/c1-24-17-5-2-12(10-16(17)21)18(23-8-6-22-7-9-23)14-4-3-13(19)11-15(14)20/h2-5,10-11,18,22H,6-9H2,1H3. The van der Waals surface area contributed by atoms with Crippen molar-refractivity contribution in [3.8, 4) is 5.75 Å². The molecule has 2 aromatic rings. The van der Waals surface area contributed by atoms with Crippen LogP contribution in [0.25, 0.3) is 0 Å². The van der Waals surface area contributed by atoms with Crippen LogP contribution < -0.4 is 10.1 Å². The summed E-state index contributed by atoms with van der Waals surface area (Å²) in [6, 6.07) is 10.4. The summed E-state index contributed by atoms with van der Waals surface area (Å²) in [5, 5.41) is 4.51. The third kappa shape index (κ3) is 3.67. The van der Waals surface area contributed by atoms with E-state index < -0.39 is 0 Å². The third-order valence-electron chi connectivity index (χ3n) is 4.27. The summed E-state index contributed by atoms with van der Waals surface area (Å²) in [6.45, 7) is 3.50. The van der Waals surface area contributed by atoms with Crippen molar-refractivity contribution in [1.82, 2.24) is 10.2 Å². The second-order valence-corrected chi connectivity index (χ2v) is 6.59. The molecule has 1 atom stereocenters. The predicted octanol–water partition coefficient (Wildman–Crippen LogP) is 4.14. The van der Waals surface area contributed by atoms with E-state index in [9.17, 15) is 4.39 Å². The largest absolute Gasteiger partial charge is 0.494 e. The highest BCUT2D eigenvalue weighted by Crippen LogP contribution is 2.36. The molecule has 6 heteroatoms. The maximum atomic E-state index is 14.2. The van der Waals surface area contributed by atoms with Crippen molar-refractivity contribution in [1.29, 1.82) is 0 Å². The molecule has 3 rings (SSSR count). The Kier molecular flexibility index (Phi) is 5.61. The second kappa shape index (κ2) is 7.70. The molecule has 0 bridgehead atoms. The molecule has 3 nitrogen and oxygen atoms in total. The minimum Gasteiger partial charge on any atom is -0.494 e. The van der Waals surface area contributed by atoms with Gasteiger partial charge in [0.1, 0.15) is 0 Å². The van der Waals surface area contributed by atoms with Crippen LogP contribution >= 0.6 is 23.2 Å². The lowest BCUT2D eigenvalue weighted by Gasteiger charge is -2.36. The maximum Gasteiger partial charge on any atom is 0.165 e. The molecule has 0 radical (unpaired) electrons. The number of hydrogen-bond acceptors (Lipinski definition) is 3. The van der Waals surface area contributed by atoms with Gasteiger partial charge in [-0.25, -0.2) is 4.39 Å². The van der Waals surface area contributed by atoms with Crippen LogP contribution in [0.1, 0.15) is 17.2 Å². The summed E-state index contributed by atoms with van der Waals surface area (Å²) < 4.78 is 19.3. The van der Waals surface area contributed by atoms with E-state index in [1.165, 1.54) is 13.2 Å².